The summed E-state index contributed by atoms with van der Waals surface area (Å²) >= 11 is 5.22. The van der Waals surface area contributed by atoms with Crippen molar-refractivity contribution in [3.8, 4) is 5.75 Å². The van der Waals surface area contributed by atoms with Crippen LogP contribution >= 0.6 is 12.2 Å². The lowest BCUT2D eigenvalue weighted by Gasteiger charge is -2.09. The summed E-state index contributed by atoms with van der Waals surface area (Å²) in [5, 5.41) is 3.04. The fourth-order valence-corrected chi connectivity index (χ4v) is 1.78. The minimum Gasteiger partial charge on any atom is -0.497 e. The van der Waals surface area contributed by atoms with Gasteiger partial charge in [-0.25, -0.2) is 4.39 Å². The van der Waals surface area contributed by atoms with Gasteiger partial charge in [0.1, 0.15) is 16.6 Å². The first kappa shape index (κ1) is 12.5. The molecule has 0 spiro atoms. The molecule has 0 aliphatic rings. The fraction of sp³-hybridized carbons (Fsp3) is 0.0714. The number of hydrogen-bond acceptors (Lipinski definition) is 2. The van der Waals surface area contributed by atoms with E-state index in [9.17, 15) is 4.39 Å². The van der Waals surface area contributed by atoms with Gasteiger partial charge in [0.25, 0.3) is 0 Å². The number of benzene rings is 2. The number of hydrogen-bond donors (Lipinski definition) is 1. The van der Waals surface area contributed by atoms with Crippen molar-refractivity contribution in [3.05, 3.63) is 59.9 Å². The average molecular weight is 261 g/mol. The van der Waals surface area contributed by atoms with Crippen LogP contribution in [-0.2, 0) is 0 Å². The number of halogens is 1. The van der Waals surface area contributed by atoms with E-state index < -0.39 is 0 Å². The van der Waals surface area contributed by atoms with Gasteiger partial charge in [0, 0.05) is 17.3 Å². The Morgan fingerprint density at radius 3 is 2.67 bits per heavy atom. The third-order valence-electron chi connectivity index (χ3n) is 2.41. The second-order valence-corrected chi connectivity index (χ2v) is 4.10. The molecule has 0 saturated heterocycles. The fourth-order valence-electron chi connectivity index (χ4n) is 1.53. The molecular weight excluding hydrogens is 249 g/mol. The molecule has 2 rings (SSSR count). The van der Waals surface area contributed by atoms with Crippen LogP contribution in [0, 0.1) is 5.82 Å². The van der Waals surface area contributed by atoms with Gasteiger partial charge in [0.2, 0.25) is 0 Å². The molecule has 0 aromatic heterocycles. The van der Waals surface area contributed by atoms with Gasteiger partial charge in [-0.05, 0) is 24.3 Å². The molecule has 0 saturated carbocycles. The van der Waals surface area contributed by atoms with Crippen LogP contribution in [0.15, 0.2) is 48.5 Å². The van der Waals surface area contributed by atoms with Gasteiger partial charge in [-0.15, -0.1) is 0 Å². The van der Waals surface area contributed by atoms with Crippen molar-refractivity contribution in [3.63, 3.8) is 0 Å². The summed E-state index contributed by atoms with van der Waals surface area (Å²) in [4.78, 5) is 0.475. The summed E-state index contributed by atoms with van der Waals surface area (Å²) in [6, 6.07) is 13.6. The molecule has 0 fully saturated rings. The normalized spacial score (nSPS) is 9.89. The standard InChI is InChI=1S/C14H12FNOS/c1-17-13-7-3-6-12(9-13)16-14(18)10-4-2-5-11(15)8-10/h2-9H,1H3,(H,16,18). The Morgan fingerprint density at radius 1 is 1.17 bits per heavy atom. The van der Waals surface area contributed by atoms with Gasteiger partial charge in [0.05, 0.1) is 7.11 Å². The maximum atomic E-state index is 13.1. The van der Waals surface area contributed by atoms with E-state index in [1.807, 2.05) is 24.3 Å². The Labute approximate surface area is 110 Å². The zero-order chi connectivity index (χ0) is 13.0. The molecule has 0 atom stereocenters. The highest BCUT2D eigenvalue weighted by molar-refractivity contribution is 7.81. The third-order valence-corrected chi connectivity index (χ3v) is 2.75. The van der Waals surface area contributed by atoms with E-state index in [1.54, 1.807) is 19.2 Å². The summed E-state index contributed by atoms with van der Waals surface area (Å²) in [7, 11) is 1.60. The van der Waals surface area contributed by atoms with Gasteiger partial charge in [-0.1, -0.05) is 30.4 Å². The first-order valence-electron chi connectivity index (χ1n) is 5.40. The van der Waals surface area contributed by atoms with E-state index in [0.717, 1.165) is 11.4 Å². The van der Waals surface area contributed by atoms with Crippen molar-refractivity contribution in [2.75, 3.05) is 12.4 Å². The number of rotatable bonds is 3. The van der Waals surface area contributed by atoms with Crippen LogP contribution in [0.25, 0.3) is 0 Å². The zero-order valence-corrected chi connectivity index (χ0v) is 10.6. The Kier molecular flexibility index (Phi) is 3.89. The van der Waals surface area contributed by atoms with Crippen molar-refractivity contribution in [1.82, 2.24) is 0 Å². The molecule has 0 heterocycles. The van der Waals surface area contributed by atoms with Gasteiger partial charge < -0.3 is 10.1 Å². The maximum absolute atomic E-state index is 13.1. The highest BCUT2D eigenvalue weighted by Crippen LogP contribution is 2.18. The Bertz CT molecular complexity index is 571. The first-order chi connectivity index (χ1) is 8.69. The van der Waals surface area contributed by atoms with Crippen LogP contribution < -0.4 is 10.1 Å². The van der Waals surface area contributed by atoms with Gasteiger partial charge in [-0.2, -0.15) is 0 Å². The van der Waals surface area contributed by atoms with Gasteiger partial charge >= 0.3 is 0 Å². The molecule has 2 aromatic rings. The van der Waals surface area contributed by atoms with E-state index >= 15 is 0 Å². The predicted molar refractivity (Wildman–Crippen MR) is 74.7 cm³/mol. The van der Waals surface area contributed by atoms with Crippen LogP contribution in [0.1, 0.15) is 5.56 Å². The first-order valence-corrected chi connectivity index (χ1v) is 5.81. The topological polar surface area (TPSA) is 21.3 Å². The maximum Gasteiger partial charge on any atom is 0.123 e. The molecule has 92 valence electrons. The molecule has 0 amide bonds. The molecular formula is C14H12FNOS. The average Bonchev–Trinajstić information content (AvgIpc) is 2.39. The predicted octanol–water partition coefficient (Wildman–Crippen LogP) is 3.62. The molecule has 0 aliphatic heterocycles. The molecule has 0 bridgehead atoms. The van der Waals surface area contributed by atoms with E-state index in [4.69, 9.17) is 17.0 Å². The molecule has 1 N–H and O–H groups in total. The van der Waals surface area contributed by atoms with Crippen molar-refractivity contribution >= 4 is 22.9 Å². The van der Waals surface area contributed by atoms with Crippen LogP contribution in [0.5, 0.6) is 5.75 Å². The molecule has 2 aromatic carbocycles. The second kappa shape index (κ2) is 5.60. The molecule has 0 aliphatic carbocycles. The lowest BCUT2D eigenvalue weighted by molar-refractivity contribution is 0.415. The number of thiocarbonyl (C=S) groups is 1. The summed E-state index contributed by atoms with van der Waals surface area (Å²) in [5.41, 5.74) is 1.46. The summed E-state index contributed by atoms with van der Waals surface area (Å²) in [5.74, 6) is 0.435. The number of nitrogens with one attached hydrogen (secondary N) is 1. The van der Waals surface area contributed by atoms with E-state index in [1.165, 1.54) is 12.1 Å². The third kappa shape index (κ3) is 3.05. The number of methoxy groups -OCH3 is 1. The van der Waals surface area contributed by atoms with Crippen LogP contribution in [-0.4, -0.2) is 12.1 Å². The lowest BCUT2D eigenvalue weighted by atomic mass is 10.2. The Balaban J connectivity index is 2.16. The smallest absolute Gasteiger partial charge is 0.123 e. The molecule has 18 heavy (non-hydrogen) atoms. The second-order valence-electron chi connectivity index (χ2n) is 3.70. The van der Waals surface area contributed by atoms with Gasteiger partial charge in [0.15, 0.2) is 0 Å². The highest BCUT2D eigenvalue weighted by Gasteiger charge is 2.03. The summed E-state index contributed by atoms with van der Waals surface area (Å²) < 4.78 is 18.2. The quantitative estimate of drug-likeness (QED) is 0.853. The molecule has 2 nitrogen and oxygen atoms in total. The zero-order valence-electron chi connectivity index (χ0n) is 9.81. The van der Waals surface area contributed by atoms with E-state index in [2.05, 4.69) is 5.32 Å². The summed E-state index contributed by atoms with van der Waals surface area (Å²) in [6.07, 6.45) is 0. The van der Waals surface area contributed by atoms with Crippen molar-refractivity contribution in [2.45, 2.75) is 0 Å². The molecule has 0 unspecified atom stereocenters. The molecule has 0 radical (unpaired) electrons. The van der Waals surface area contributed by atoms with Crippen LogP contribution in [0.2, 0.25) is 0 Å². The van der Waals surface area contributed by atoms with E-state index in [-0.39, 0.29) is 5.82 Å². The van der Waals surface area contributed by atoms with Crippen molar-refractivity contribution in [1.29, 1.82) is 0 Å². The minimum absolute atomic E-state index is 0.303. The van der Waals surface area contributed by atoms with Crippen LogP contribution in [0.4, 0.5) is 10.1 Å². The van der Waals surface area contributed by atoms with Gasteiger partial charge in [-0.3, -0.25) is 0 Å². The molecule has 4 heteroatoms. The van der Waals surface area contributed by atoms with Crippen LogP contribution in [0.3, 0.4) is 0 Å². The van der Waals surface area contributed by atoms with E-state index in [0.29, 0.717) is 10.6 Å². The summed E-state index contributed by atoms with van der Waals surface area (Å²) in [6.45, 7) is 0. The number of anilines is 1. The van der Waals surface area contributed by atoms with Crippen molar-refractivity contribution < 1.29 is 9.13 Å². The monoisotopic (exact) mass is 261 g/mol. The Morgan fingerprint density at radius 2 is 1.94 bits per heavy atom. The van der Waals surface area contributed by atoms with Crippen molar-refractivity contribution in [2.24, 2.45) is 0 Å². The largest absolute Gasteiger partial charge is 0.497 e. The Hall–Kier alpha value is -1.94. The highest BCUT2D eigenvalue weighted by atomic mass is 32.1. The minimum atomic E-state index is -0.303. The number of ether oxygens (including phenoxy) is 1. The SMILES string of the molecule is COc1cccc(NC(=S)c2cccc(F)c2)c1. The lowest BCUT2D eigenvalue weighted by Crippen LogP contribution is -2.10.